The zero-order chi connectivity index (χ0) is 22.2. The lowest BCUT2D eigenvalue weighted by Crippen LogP contribution is -2.07. The summed E-state index contributed by atoms with van der Waals surface area (Å²) in [5.41, 5.74) is 12.1. The molecule has 0 spiro atoms. The van der Waals surface area contributed by atoms with E-state index in [0.717, 1.165) is 39.0 Å². The maximum absolute atomic E-state index is 9.51. The van der Waals surface area contributed by atoms with Crippen molar-refractivity contribution in [1.29, 1.82) is 0 Å². The van der Waals surface area contributed by atoms with E-state index in [9.17, 15) is 5.11 Å². The standard InChI is InChI=1S/C24H23N7O/c1-15(25)21-6-4-7-22(29-21)16-9-19(17-11-26-30(2)13-17)20-12-27-31(23(20)10-16)24-8-3-5-18(14-32)28-24/h3-13,15,32H,14,25H2,1-2H3. The van der Waals surface area contributed by atoms with Crippen molar-refractivity contribution in [3.8, 4) is 28.2 Å². The molecule has 160 valence electrons. The van der Waals surface area contributed by atoms with Gasteiger partial charge in [0.05, 0.1) is 41.6 Å². The number of aliphatic hydroxyl groups is 1. The summed E-state index contributed by atoms with van der Waals surface area (Å²) in [5.74, 6) is 0.637. The van der Waals surface area contributed by atoms with Crippen molar-refractivity contribution in [2.45, 2.75) is 19.6 Å². The van der Waals surface area contributed by atoms with E-state index in [1.54, 1.807) is 15.4 Å². The number of nitrogens with two attached hydrogens (primary N) is 1. The highest BCUT2D eigenvalue weighted by Gasteiger charge is 2.16. The maximum atomic E-state index is 9.51. The fourth-order valence-electron chi connectivity index (χ4n) is 3.79. The zero-order valence-corrected chi connectivity index (χ0v) is 17.8. The van der Waals surface area contributed by atoms with E-state index in [2.05, 4.69) is 27.3 Å². The number of nitrogens with zero attached hydrogens (tertiary/aromatic N) is 6. The van der Waals surface area contributed by atoms with Gasteiger partial charge in [-0.15, -0.1) is 0 Å². The molecule has 5 rings (SSSR count). The molecule has 0 saturated carbocycles. The smallest absolute Gasteiger partial charge is 0.154 e. The molecular weight excluding hydrogens is 402 g/mol. The van der Waals surface area contributed by atoms with Crippen molar-refractivity contribution in [2.75, 3.05) is 0 Å². The first-order valence-electron chi connectivity index (χ1n) is 10.3. The van der Waals surface area contributed by atoms with Crippen LogP contribution in [0.2, 0.25) is 0 Å². The summed E-state index contributed by atoms with van der Waals surface area (Å²) in [4.78, 5) is 9.31. The quantitative estimate of drug-likeness (QED) is 0.447. The molecule has 1 atom stereocenters. The van der Waals surface area contributed by atoms with Crippen LogP contribution in [0.15, 0.2) is 67.1 Å². The van der Waals surface area contributed by atoms with E-state index >= 15 is 0 Å². The highest BCUT2D eigenvalue weighted by atomic mass is 16.3. The molecule has 0 aliphatic rings. The Morgan fingerprint density at radius 1 is 1.00 bits per heavy atom. The van der Waals surface area contributed by atoms with Crippen LogP contribution in [0.1, 0.15) is 24.4 Å². The number of hydrogen-bond acceptors (Lipinski definition) is 6. The fraction of sp³-hybridized carbons (Fsp3) is 0.167. The first-order chi connectivity index (χ1) is 15.5. The molecule has 0 aliphatic heterocycles. The van der Waals surface area contributed by atoms with Crippen LogP contribution < -0.4 is 5.73 Å². The summed E-state index contributed by atoms with van der Waals surface area (Å²) < 4.78 is 3.56. The molecule has 8 heteroatoms. The van der Waals surface area contributed by atoms with Crippen molar-refractivity contribution in [2.24, 2.45) is 12.8 Å². The highest BCUT2D eigenvalue weighted by Crippen LogP contribution is 2.34. The van der Waals surface area contributed by atoms with E-state index in [0.29, 0.717) is 11.5 Å². The lowest BCUT2D eigenvalue weighted by atomic mass is 9.99. The number of aryl methyl sites for hydroxylation is 1. The van der Waals surface area contributed by atoms with Crippen molar-refractivity contribution in [3.63, 3.8) is 0 Å². The molecule has 1 aromatic carbocycles. The molecule has 5 aromatic rings. The number of fused-ring (bicyclic) bond motifs is 1. The Morgan fingerprint density at radius 2 is 1.84 bits per heavy atom. The van der Waals surface area contributed by atoms with Gasteiger partial charge in [-0.1, -0.05) is 12.1 Å². The first kappa shape index (κ1) is 20.0. The Bertz CT molecular complexity index is 1420. The SMILES string of the molecule is CC(N)c1cccc(-c2cc(-c3cnn(C)c3)c3cnn(-c4cccc(CO)n4)c3c2)n1. The van der Waals surface area contributed by atoms with Crippen molar-refractivity contribution in [1.82, 2.24) is 29.5 Å². The van der Waals surface area contributed by atoms with Crippen LogP contribution in [-0.2, 0) is 13.7 Å². The molecule has 0 saturated heterocycles. The lowest BCUT2D eigenvalue weighted by Gasteiger charge is -2.11. The monoisotopic (exact) mass is 425 g/mol. The molecule has 8 nitrogen and oxygen atoms in total. The van der Waals surface area contributed by atoms with Crippen LogP contribution >= 0.6 is 0 Å². The van der Waals surface area contributed by atoms with E-state index in [4.69, 9.17) is 10.7 Å². The minimum Gasteiger partial charge on any atom is -0.390 e. The normalized spacial score (nSPS) is 12.4. The maximum Gasteiger partial charge on any atom is 0.154 e. The number of aliphatic hydroxyl groups excluding tert-OH is 1. The molecule has 3 N–H and O–H groups in total. The summed E-state index contributed by atoms with van der Waals surface area (Å²) in [5, 5.41) is 19.4. The molecule has 1 unspecified atom stereocenters. The molecule has 4 heterocycles. The average molecular weight is 425 g/mol. The van der Waals surface area contributed by atoms with Gasteiger partial charge < -0.3 is 10.8 Å². The van der Waals surface area contributed by atoms with Crippen LogP contribution in [-0.4, -0.2) is 34.6 Å². The summed E-state index contributed by atoms with van der Waals surface area (Å²) >= 11 is 0. The molecule has 0 radical (unpaired) electrons. The zero-order valence-electron chi connectivity index (χ0n) is 17.8. The molecule has 0 aliphatic carbocycles. The summed E-state index contributed by atoms with van der Waals surface area (Å²) in [7, 11) is 1.89. The van der Waals surface area contributed by atoms with Crippen LogP contribution in [0.5, 0.6) is 0 Å². The van der Waals surface area contributed by atoms with E-state index in [-0.39, 0.29) is 12.6 Å². The van der Waals surface area contributed by atoms with Gasteiger partial charge in [0.25, 0.3) is 0 Å². The van der Waals surface area contributed by atoms with Crippen LogP contribution in [0.25, 0.3) is 39.1 Å². The Kier molecular flexibility index (Phi) is 5.01. The Labute approximate surface area is 185 Å². The van der Waals surface area contributed by atoms with Gasteiger partial charge >= 0.3 is 0 Å². The largest absolute Gasteiger partial charge is 0.390 e. The molecule has 4 aromatic heterocycles. The first-order valence-corrected chi connectivity index (χ1v) is 10.3. The topological polar surface area (TPSA) is 108 Å². The summed E-state index contributed by atoms with van der Waals surface area (Å²) in [6.07, 6.45) is 5.65. The number of benzene rings is 1. The Balaban J connectivity index is 1.77. The number of aromatic nitrogens is 6. The molecule has 0 bridgehead atoms. The summed E-state index contributed by atoms with van der Waals surface area (Å²) in [6, 6.07) is 15.4. The Hall–Kier alpha value is -3.88. The highest BCUT2D eigenvalue weighted by molar-refractivity contribution is 5.98. The van der Waals surface area contributed by atoms with Crippen molar-refractivity contribution in [3.05, 3.63) is 78.5 Å². The fourth-order valence-corrected chi connectivity index (χ4v) is 3.79. The van der Waals surface area contributed by atoms with Gasteiger partial charge in [-0.2, -0.15) is 10.2 Å². The Morgan fingerprint density at radius 3 is 2.59 bits per heavy atom. The van der Waals surface area contributed by atoms with E-state index in [1.165, 1.54) is 0 Å². The summed E-state index contributed by atoms with van der Waals surface area (Å²) in [6.45, 7) is 1.79. The number of hydrogen-bond donors (Lipinski definition) is 2. The van der Waals surface area contributed by atoms with Gasteiger partial charge in [0.2, 0.25) is 0 Å². The predicted molar refractivity (Wildman–Crippen MR) is 123 cm³/mol. The predicted octanol–water partition coefficient (Wildman–Crippen LogP) is 3.40. The average Bonchev–Trinajstić information content (AvgIpc) is 3.45. The van der Waals surface area contributed by atoms with E-state index < -0.39 is 0 Å². The van der Waals surface area contributed by atoms with Gasteiger partial charge in [-0.05, 0) is 48.9 Å². The number of pyridine rings is 2. The number of rotatable bonds is 5. The third-order valence-corrected chi connectivity index (χ3v) is 5.41. The van der Waals surface area contributed by atoms with Gasteiger partial charge in [0.15, 0.2) is 5.82 Å². The van der Waals surface area contributed by atoms with Gasteiger partial charge in [-0.25, -0.2) is 9.67 Å². The second kappa shape index (κ2) is 7.99. The van der Waals surface area contributed by atoms with Crippen LogP contribution in [0.3, 0.4) is 0 Å². The second-order valence-electron chi connectivity index (χ2n) is 7.80. The molecule has 0 fully saturated rings. The van der Waals surface area contributed by atoms with Crippen LogP contribution in [0, 0.1) is 0 Å². The second-order valence-corrected chi connectivity index (χ2v) is 7.80. The van der Waals surface area contributed by atoms with Gasteiger partial charge in [0, 0.05) is 35.8 Å². The molecule has 0 amide bonds. The van der Waals surface area contributed by atoms with Gasteiger partial charge in [-0.3, -0.25) is 9.67 Å². The lowest BCUT2D eigenvalue weighted by molar-refractivity contribution is 0.276. The molecular formula is C24H23N7O. The van der Waals surface area contributed by atoms with Crippen molar-refractivity contribution >= 4 is 10.9 Å². The van der Waals surface area contributed by atoms with E-state index in [1.807, 2.05) is 62.9 Å². The van der Waals surface area contributed by atoms with Gasteiger partial charge in [0.1, 0.15) is 0 Å². The van der Waals surface area contributed by atoms with Crippen molar-refractivity contribution < 1.29 is 5.11 Å². The third kappa shape index (κ3) is 3.55. The minimum atomic E-state index is -0.160. The minimum absolute atomic E-state index is 0.132. The third-order valence-electron chi connectivity index (χ3n) is 5.41. The molecule has 32 heavy (non-hydrogen) atoms. The van der Waals surface area contributed by atoms with Crippen LogP contribution in [0.4, 0.5) is 0 Å².